The van der Waals surface area contributed by atoms with Gasteiger partial charge in [-0.1, -0.05) is 13.3 Å². The second-order valence-electron chi connectivity index (χ2n) is 4.20. The van der Waals surface area contributed by atoms with Gasteiger partial charge in [0.05, 0.1) is 5.69 Å². The minimum atomic E-state index is -4.47. The minimum absolute atomic E-state index is 0.346. The molecule has 0 saturated heterocycles. The van der Waals surface area contributed by atoms with E-state index < -0.39 is 11.9 Å². The zero-order chi connectivity index (χ0) is 14.2. The van der Waals surface area contributed by atoms with Crippen LogP contribution in [0, 0.1) is 0 Å². The average Bonchev–Trinajstić information content (AvgIpc) is 2.85. The highest BCUT2D eigenvalue weighted by atomic mass is 19.4. The molecule has 8 heteroatoms. The lowest BCUT2D eigenvalue weighted by atomic mass is 10.2. The molecule has 19 heavy (non-hydrogen) atoms. The van der Waals surface area contributed by atoms with Crippen LogP contribution in [0.4, 0.5) is 18.9 Å². The molecule has 0 saturated carbocycles. The van der Waals surface area contributed by atoms with Gasteiger partial charge in [0.2, 0.25) is 0 Å². The van der Waals surface area contributed by atoms with Gasteiger partial charge >= 0.3 is 6.18 Å². The van der Waals surface area contributed by atoms with Crippen molar-refractivity contribution in [2.75, 3.05) is 5.73 Å². The number of aromatic nitrogens is 4. The molecule has 0 fully saturated rings. The molecule has 2 heterocycles. The molecule has 0 aromatic carbocycles. The number of alkyl halides is 3. The summed E-state index contributed by atoms with van der Waals surface area (Å²) in [6.45, 7) is 1.98. The highest BCUT2D eigenvalue weighted by Gasteiger charge is 2.34. The monoisotopic (exact) mass is 273 g/mol. The van der Waals surface area contributed by atoms with Gasteiger partial charge in [0.1, 0.15) is 5.69 Å². The van der Waals surface area contributed by atoms with Crippen molar-refractivity contribution in [2.45, 2.75) is 25.9 Å². The van der Waals surface area contributed by atoms with Gasteiger partial charge in [0.25, 0.3) is 0 Å². The first kappa shape index (κ1) is 13.4. The standard InChI is InChI=1S/C11H14F3N5/c1-3-4-7-9(15)10(18(2)16-7)19-6-5-8(17-19)11(12,13)14/h5-6H,3-4,15H2,1-2H3. The van der Waals surface area contributed by atoms with Crippen molar-refractivity contribution in [1.29, 1.82) is 0 Å². The summed E-state index contributed by atoms with van der Waals surface area (Å²) in [6.07, 6.45) is -1.71. The zero-order valence-corrected chi connectivity index (χ0v) is 10.6. The van der Waals surface area contributed by atoms with E-state index in [2.05, 4.69) is 10.2 Å². The van der Waals surface area contributed by atoms with Gasteiger partial charge in [-0.25, -0.2) is 9.36 Å². The summed E-state index contributed by atoms with van der Waals surface area (Å²) in [5, 5.41) is 7.70. The van der Waals surface area contributed by atoms with Gasteiger partial charge in [0.15, 0.2) is 11.5 Å². The maximum absolute atomic E-state index is 12.5. The van der Waals surface area contributed by atoms with Crippen LogP contribution in [0.15, 0.2) is 12.3 Å². The number of aryl methyl sites for hydroxylation is 2. The smallest absolute Gasteiger partial charge is 0.394 e. The van der Waals surface area contributed by atoms with E-state index in [4.69, 9.17) is 5.73 Å². The van der Waals surface area contributed by atoms with Gasteiger partial charge in [-0.3, -0.25) is 0 Å². The summed E-state index contributed by atoms with van der Waals surface area (Å²) in [7, 11) is 1.62. The SMILES string of the molecule is CCCc1nn(C)c(-n2ccc(C(F)(F)F)n2)c1N. The minimum Gasteiger partial charge on any atom is -0.394 e. The number of nitrogens with two attached hydrogens (primary N) is 1. The maximum atomic E-state index is 12.5. The van der Waals surface area contributed by atoms with Crippen LogP contribution >= 0.6 is 0 Å². The second-order valence-corrected chi connectivity index (χ2v) is 4.20. The molecular formula is C11H14F3N5. The predicted molar refractivity (Wildman–Crippen MR) is 63.7 cm³/mol. The highest BCUT2D eigenvalue weighted by Crippen LogP contribution is 2.29. The molecule has 0 spiro atoms. The summed E-state index contributed by atoms with van der Waals surface area (Å²) in [6, 6.07) is 0.909. The van der Waals surface area contributed by atoms with E-state index in [9.17, 15) is 13.2 Å². The van der Waals surface area contributed by atoms with E-state index in [-0.39, 0.29) is 0 Å². The Morgan fingerprint density at radius 3 is 2.53 bits per heavy atom. The Bertz CT molecular complexity index is 582. The molecule has 2 aromatic rings. The van der Waals surface area contributed by atoms with Crippen LogP contribution in [0.25, 0.3) is 5.82 Å². The van der Waals surface area contributed by atoms with Crippen molar-refractivity contribution in [3.8, 4) is 5.82 Å². The molecule has 2 rings (SSSR count). The fraction of sp³-hybridized carbons (Fsp3) is 0.455. The molecular weight excluding hydrogens is 259 g/mol. The van der Waals surface area contributed by atoms with Crippen molar-refractivity contribution < 1.29 is 13.2 Å². The van der Waals surface area contributed by atoms with Crippen LogP contribution in [0.3, 0.4) is 0 Å². The summed E-state index contributed by atoms with van der Waals surface area (Å²) in [4.78, 5) is 0. The molecule has 0 aliphatic carbocycles. The van der Waals surface area contributed by atoms with Gasteiger partial charge in [-0.2, -0.15) is 23.4 Å². The van der Waals surface area contributed by atoms with Crippen molar-refractivity contribution >= 4 is 5.69 Å². The molecule has 0 aliphatic rings. The lowest BCUT2D eigenvalue weighted by molar-refractivity contribution is -0.141. The van der Waals surface area contributed by atoms with E-state index in [1.165, 1.54) is 10.9 Å². The lowest BCUT2D eigenvalue weighted by Gasteiger charge is -2.04. The fourth-order valence-electron chi connectivity index (χ4n) is 1.87. The van der Waals surface area contributed by atoms with E-state index in [1.807, 2.05) is 6.92 Å². The largest absolute Gasteiger partial charge is 0.435 e. The Labute approximate surface area is 107 Å². The Balaban J connectivity index is 2.45. The molecule has 2 N–H and O–H groups in total. The van der Waals surface area contributed by atoms with Crippen LogP contribution < -0.4 is 5.73 Å². The van der Waals surface area contributed by atoms with E-state index in [1.54, 1.807) is 7.05 Å². The molecule has 0 aliphatic heterocycles. The van der Waals surface area contributed by atoms with Gasteiger partial charge in [-0.05, 0) is 12.5 Å². The first-order chi connectivity index (χ1) is 8.84. The van der Waals surface area contributed by atoms with Crippen LogP contribution in [-0.2, 0) is 19.6 Å². The molecule has 0 unspecified atom stereocenters. The Hall–Kier alpha value is -1.99. The molecule has 2 aromatic heterocycles. The fourth-order valence-corrected chi connectivity index (χ4v) is 1.87. The third kappa shape index (κ3) is 2.42. The molecule has 104 valence electrons. The lowest BCUT2D eigenvalue weighted by Crippen LogP contribution is -2.10. The summed E-state index contributed by atoms with van der Waals surface area (Å²) < 4.78 is 40.1. The quantitative estimate of drug-likeness (QED) is 0.932. The molecule has 5 nitrogen and oxygen atoms in total. The van der Waals surface area contributed by atoms with Crippen molar-refractivity contribution in [3.63, 3.8) is 0 Å². The number of hydrogen-bond acceptors (Lipinski definition) is 3. The molecule has 0 amide bonds. The molecule has 0 radical (unpaired) electrons. The van der Waals surface area contributed by atoms with E-state index in [0.29, 0.717) is 23.6 Å². The predicted octanol–water partition coefficient (Wildman–Crippen LogP) is 2.16. The average molecular weight is 273 g/mol. The summed E-state index contributed by atoms with van der Waals surface area (Å²) in [5.41, 5.74) is 5.99. The van der Waals surface area contributed by atoms with Crippen molar-refractivity contribution in [2.24, 2.45) is 7.05 Å². The second kappa shape index (κ2) is 4.60. The Morgan fingerprint density at radius 2 is 2.00 bits per heavy atom. The summed E-state index contributed by atoms with van der Waals surface area (Å²) in [5.74, 6) is 0.346. The van der Waals surface area contributed by atoms with Gasteiger partial charge in [0, 0.05) is 13.2 Å². The number of anilines is 1. The highest BCUT2D eigenvalue weighted by molar-refractivity contribution is 5.57. The van der Waals surface area contributed by atoms with Crippen LogP contribution in [0.1, 0.15) is 24.7 Å². The number of nitrogens with zero attached hydrogens (tertiary/aromatic N) is 4. The topological polar surface area (TPSA) is 61.7 Å². The summed E-state index contributed by atoms with van der Waals surface area (Å²) >= 11 is 0. The van der Waals surface area contributed by atoms with Crippen LogP contribution in [0.2, 0.25) is 0 Å². The van der Waals surface area contributed by atoms with Gasteiger partial charge < -0.3 is 5.73 Å². The number of rotatable bonds is 3. The Kier molecular flexibility index (Phi) is 3.25. The number of hydrogen-bond donors (Lipinski definition) is 1. The van der Waals surface area contributed by atoms with Crippen LogP contribution in [-0.4, -0.2) is 19.6 Å². The first-order valence-electron chi connectivity index (χ1n) is 5.79. The van der Waals surface area contributed by atoms with Crippen molar-refractivity contribution in [3.05, 3.63) is 23.7 Å². The third-order valence-electron chi connectivity index (χ3n) is 2.71. The first-order valence-corrected chi connectivity index (χ1v) is 5.79. The zero-order valence-electron chi connectivity index (χ0n) is 10.6. The van der Waals surface area contributed by atoms with Crippen LogP contribution in [0.5, 0.6) is 0 Å². The van der Waals surface area contributed by atoms with E-state index in [0.717, 1.165) is 17.2 Å². The molecule has 0 atom stereocenters. The normalized spacial score (nSPS) is 12.1. The molecule has 0 bridgehead atoms. The van der Waals surface area contributed by atoms with Crippen molar-refractivity contribution in [1.82, 2.24) is 19.6 Å². The Morgan fingerprint density at radius 1 is 1.32 bits per heavy atom. The number of halogens is 3. The maximum Gasteiger partial charge on any atom is 0.435 e. The van der Waals surface area contributed by atoms with E-state index >= 15 is 0 Å². The third-order valence-corrected chi connectivity index (χ3v) is 2.71. The number of nitrogen functional groups attached to an aromatic ring is 1. The van der Waals surface area contributed by atoms with Gasteiger partial charge in [-0.15, -0.1) is 0 Å².